The molecule has 3 heterocycles. The molecule has 126 valence electrons. The van der Waals surface area contributed by atoms with E-state index < -0.39 is 0 Å². The number of nitrogens with zero attached hydrogens (tertiary/aromatic N) is 2. The topological polar surface area (TPSA) is 62.3 Å². The van der Waals surface area contributed by atoms with Crippen LogP contribution < -0.4 is 5.32 Å². The summed E-state index contributed by atoms with van der Waals surface area (Å²) in [6, 6.07) is 11.0. The van der Waals surface area contributed by atoms with E-state index in [-0.39, 0.29) is 11.8 Å². The Kier molecular flexibility index (Phi) is 4.19. The molecule has 3 aromatic rings. The lowest BCUT2D eigenvalue weighted by molar-refractivity contribution is 0.0652. The zero-order chi connectivity index (χ0) is 17.2. The van der Waals surface area contributed by atoms with Gasteiger partial charge in [0.05, 0.1) is 27.0 Å². The highest BCUT2D eigenvalue weighted by Gasteiger charge is 2.34. The number of fused-ring (bicyclic) bond motifs is 2. The number of carbonyl (C=O) groups excluding carboxylic acids is 2. The first-order valence-corrected chi connectivity index (χ1v) is 9.15. The average Bonchev–Trinajstić information content (AvgIpc) is 3.21. The van der Waals surface area contributed by atoms with Crippen LogP contribution in [0.3, 0.4) is 0 Å². The first kappa shape index (κ1) is 15.8. The van der Waals surface area contributed by atoms with Gasteiger partial charge in [-0.1, -0.05) is 12.1 Å². The Hall–Kier alpha value is -2.73. The first-order chi connectivity index (χ1) is 12.3. The summed E-state index contributed by atoms with van der Waals surface area (Å²) in [5, 5.41) is 5.45. The predicted molar refractivity (Wildman–Crippen MR) is 99.2 cm³/mol. The summed E-state index contributed by atoms with van der Waals surface area (Å²) in [7, 11) is 0. The zero-order valence-corrected chi connectivity index (χ0v) is 14.4. The maximum atomic E-state index is 12.3. The fourth-order valence-electron chi connectivity index (χ4n) is 3.07. The van der Waals surface area contributed by atoms with E-state index in [1.165, 1.54) is 4.90 Å². The van der Waals surface area contributed by atoms with E-state index >= 15 is 0 Å². The summed E-state index contributed by atoms with van der Waals surface area (Å²) in [6.07, 6.45) is 3.45. The van der Waals surface area contributed by atoms with Crippen molar-refractivity contribution < 1.29 is 9.59 Å². The van der Waals surface area contributed by atoms with Crippen LogP contribution in [0.1, 0.15) is 33.6 Å². The summed E-state index contributed by atoms with van der Waals surface area (Å²) in [4.78, 5) is 30.3. The number of hydrogen-bond donors (Lipinski definition) is 1. The van der Waals surface area contributed by atoms with Gasteiger partial charge in [0.25, 0.3) is 11.8 Å². The van der Waals surface area contributed by atoms with E-state index in [1.54, 1.807) is 41.8 Å². The van der Waals surface area contributed by atoms with Crippen molar-refractivity contribution in [2.75, 3.05) is 18.4 Å². The third kappa shape index (κ3) is 2.89. The number of unbranched alkanes of at least 4 members (excludes halogenated alkanes) is 1. The summed E-state index contributed by atoms with van der Waals surface area (Å²) in [5.74, 6) is -0.356. The number of carbonyl (C=O) groups is 2. The molecular formula is C19H17N3O2S. The molecule has 1 aromatic carbocycles. The lowest BCUT2D eigenvalue weighted by atomic mass is 10.1. The van der Waals surface area contributed by atoms with Crippen molar-refractivity contribution in [2.45, 2.75) is 12.8 Å². The molecular weight excluding hydrogens is 334 g/mol. The van der Waals surface area contributed by atoms with Gasteiger partial charge >= 0.3 is 0 Å². The highest BCUT2D eigenvalue weighted by Crippen LogP contribution is 2.27. The molecule has 5 nitrogen and oxygen atoms in total. The maximum absolute atomic E-state index is 12.3. The molecule has 2 amide bonds. The molecule has 0 fully saturated rings. The van der Waals surface area contributed by atoms with Crippen LogP contribution in [0.15, 0.2) is 48.0 Å². The number of rotatable bonds is 6. The highest BCUT2D eigenvalue weighted by molar-refractivity contribution is 7.17. The quantitative estimate of drug-likeness (QED) is 0.542. The Morgan fingerprint density at radius 1 is 1.00 bits per heavy atom. The Morgan fingerprint density at radius 3 is 2.52 bits per heavy atom. The van der Waals surface area contributed by atoms with E-state index in [0.717, 1.165) is 35.3 Å². The second-order valence-corrected chi connectivity index (χ2v) is 6.85. The zero-order valence-electron chi connectivity index (χ0n) is 13.6. The maximum Gasteiger partial charge on any atom is 0.261 e. The van der Waals surface area contributed by atoms with Crippen LogP contribution in [0, 0.1) is 0 Å². The summed E-state index contributed by atoms with van der Waals surface area (Å²) in [5.41, 5.74) is 3.12. The summed E-state index contributed by atoms with van der Waals surface area (Å²) < 4.78 is 1.16. The van der Waals surface area contributed by atoms with Crippen LogP contribution in [0.25, 0.3) is 10.2 Å². The van der Waals surface area contributed by atoms with E-state index in [1.807, 2.05) is 17.5 Å². The Balaban J connectivity index is 1.30. The minimum Gasteiger partial charge on any atom is -0.384 e. The molecule has 0 unspecified atom stereocenters. The molecule has 0 spiro atoms. The molecule has 0 atom stereocenters. The second-order valence-electron chi connectivity index (χ2n) is 5.93. The van der Waals surface area contributed by atoms with Gasteiger partial charge in [-0.15, -0.1) is 11.3 Å². The molecule has 2 aromatic heterocycles. The number of amides is 2. The average molecular weight is 351 g/mol. The predicted octanol–water partition coefficient (Wildman–Crippen LogP) is 3.78. The summed E-state index contributed by atoms with van der Waals surface area (Å²) in [6.45, 7) is 1.25. The number of hydrogen-bond acceptors (Lipinski definition) is 5. The second kappa shape index (κ2) is 6.64. The fourth-order valence-corrected chi connectivity index (χ4v) is 3.91. The van der Waals surface area contributed by atoms with E-state index in [9.17, 15) is 9.59 Å². The van der Waals surface area contributed by atoms with Crippen LogP contribution >= 0.6 is 11.3 Å². The minimum atomic E-state index is -0.178. The van der Waals surface area contributed by atoms with Crippen molar-refractivity contribution in [3.8, 4) is 0 Å². The van der Waals surface area contributed by atoms with Crippen LogP contribution in [-0.4, -0.2) is 34.8 Å². The lowest BCUT2D eigenvalue weighted by Crippen LogP contribution is -2.30. The number of anilines is 1. The monoisotopic (exact) mass is 351 g/mol. The van der Waals surface area contributed by atoms with Crippen LogP contribution in [0.2, 0.25) is 0 Å². The van der Waals surface area contributed by atoms with E-state index in [2.05, 4.69) is 10.3 Å². The van der Waals surface area contributed by atoms with Crippen molar-refractivity contribution in [1.82, 2.24) is 9.88 Å². The number of benzene rings is 1. The van der Waals surface area contributed by atoms with Gasteiger partial charge in [0, 0.05) is 19.3 Å². The third-order valence-electron chi connectivity index (χ3n) is 4.35. The van der Waals surface area contributed by atoms with Crippen molar-refractivity contribution in [2.24, 2.45) is 0 Å². The SMILES string of the molecule is O=C1c2ccccc2C(=O)N1CCCCNc1ccnc2ccsc12. The largest absolute Gasteiger partial charge is 0.384 e. The molecule has 0 radical (unpaired) electrons. The fraction of sp³-hybridized carbons (Fsp3) is 0.211. The number of imide groups is 1. The lowest BCUT2D eigenvalue weighted by Gasteiger charge is -2.14. The van der Waals surface area contributed by atoms with Gasteiger partial charge in [-0.2, -0.15) is 0 Å². The van der Waals surface area contributed by atoms with Gasteiger partial charge in [0.2, 0.25) is 0 Å². The smallest absolute Gasteiger partial charge is 0.261 e. The first-order valence-electron chi connectivity index (χ1n) is 8.27. The van der Waals surface area contributed by atoms with Crippen LogP contribution in [-0.2, 0) is 0 Å². The number of pyridine rings is 1. The number of nitrogens with one attached hydrogen (secondary N) is 1. The normalized spacial score (nSPS) is 13.5. The Morgan fingerprint density at radius 2 is 1.76 bits per heavy atom. The van der Waals surface area contributed by atoms with Gasteiger partial charge in [-0.25, -0.2) is 0 Å². The molecule has 0 saturated carbocycles. The van der Waals surface area contributed by atoms with Crippen molar-refractivity contribution >= 4 is 39.1 Å². The molecule has 1 N–H and O–H groups in total. The van der Waals surface area contributed by atoms with Crippen LogP contribution in [0.5, 0.6) is 0 Å². The highest BCUT2D eigenvalue weighted by atomic mass is 32.1. The molecule has 1 aliphatic rings. The molecule has 0 bridgehead atoms. The summed E-state index contributed by atoms with van der Waals surface area (Å²) >= 11 is 1.67. The third-order valence-corrected chi connectivity index (χ3v) is 5.28. The molecule has 1 aliphatic heterocycles. The van der Waals surface area contributed by atoms with Crippen molar-refractivity contribution in [3.63, 3.8) is 0 Å². The van der Waals surface area contributed by atoms with Gasteiger partial charge in [0.15, 0.2) is 0 Å². The molecule has 6 heteroatoms. The van der Waals surface area contributed by atoms with Crippen LogP contribution in [0.4, 0.5) is 5.69 Å². The number of thiophene rings is 1. The molecule has 0 aliphatic carbocycles. The van der Waals surface area contributed by atoms with Gasteiger partial charge in [-0.05, 0) is 42.5 Å². The van der Waals surface area contributed by atoms with Gasteiger partial charge < -0.3 is 5.32 Å². The molecule has 25 heavy (non-hydrogen) atoms. The van der Waals surface area contributed by atoms with E-state index in [0.29, 0.717) is 17.7 Å². The van der Waals surface area contributed by atoms with E-state index in [4.69, 9.17) is 0 Å². The Labute approximate surface area is 149 Å². The minimum absolute atomic E-state index is 0.178. The Bertz CT molecular complexity index is 916. The molecule has 4 rings (SSSR count). The molecule has 0 saturated heterocycles. The van der Waals surface area contributed by atoms with Crippen molar-refractivity contribution in [3.05, 3.63) is 59.1 Å². The van der Waals surface area contributed by atoms with Gasteiger partial charge in [0.1, 0.15) is 0 Å². The van der Waals surface area contributed by atoms with Gasteiger partial charge in [-0.3, -0.25) is 19.5 Å². The van der Waals surface area contributed by atoms with Crippen molar-refractivity contribution in [1.29, 1.82) is 0 Å². The number of aromatic nitrogens is 1. The standard InChI is InChI=1S/C19H17N3O2S/c23-18-13-5-1-2-6-14(13)19(24)22(18)11-4-3-9-20-15-7-10-21-16-8-12-25-17(15)16/h1-2,5-8,10,12H,3-4,9,11H2,(H,20,21).